The van der Waals surface area contributed by atoms with Crippen molar-refractivity contribution in [2.24, 2.45) is 17.8 Å². The Balaban J connectivity index is 0.000000271. The second-order valence-electron chi connectivity index (χ2n) is 14.6. The van der Waals surface area contributed by atoms with Crippen LogP contribution < -0.4 is 0 Å². The van der Waals surface area contributed by atoms with Gasteiger partial charge in [0, 0.05) is 59.7 Å². The molecule has 0 aliphatic heterocycles. The number of rotatable bonds is 10. The van der Waals surface area contributed by atoms with Gasteiger partial charge in [0.2, 0.25) is 5.71 Å². The molecule has 0 bridgehead atoms. The van der Waals surface area contributed by atoms with Gasteiger partial charge in [-0.15, -0.1) is 29.3 Å². The summed E-state index contributed by atoms with van der Waals surface area (Å²) in [7, 11) is 0. The van der Waals surface area contributed by atoms with E-state index in [-0.39, 0.29) is 48.9 Å². The predicted molar refractivity (Wildman–Crippen MR) is 206 cm³/mol. The molecule has 0 amide bonds. The molecule has 3 heterocycles. The largest absolute Gasteiger partial charge is 0.512 e. The molecule has 5 nitrogen and oxygen atoms in total. The SMILES string of the molecule is CC(C)Cc1cccc2c3c(oc12)-c1cc[c-]c(-c2ccc4c(n2)oc2ccccc24)c1C3(C)C.CCC(CC)C(=O)/C=C(\O)C(CC)CC.[Ir]. The van der Waals surface area contributed by atoms with Gasteiger partial charge in [-0.05, 0) is 60.8 Å². The van der Waals surface area contributed by atoms with Gasteiger partial charge in [0.05, 0.1) is 5.76 Å². The normalized spacial score (nSPS) is 13.5. The van der Waals surface area contributed by atoms with E-state index in [1.807, 2.05) is 52.0 Å². The van der Waals surface area contributed by atoms with Crippen LogP contribution in [0.2, 0.25) is 0 Å². The monoisotopic (exact) mass is 861 g/mol. The van der Waals surface area contributed by atoms with Gasteiger partial charge < -0.3 is 13.9 Å². The Labute approximate surface area is 315 Å². The first-order chi connectivity index (χ1) is 24.0. The molecule has 1 aliphatic rings. The van der Waals surface area contributed by atoms with Crippen LogP contribution in [0.3, 0.4) is 0 Å². The smallest absolute Gasteiger partial charge is 0.218 e. The van der Waals surface area contributed by atoms with Crippen LogP contribution in [0.25, 0.3) is 55.6 Å². The zero-order valence-corrected chi connectivity index (χ0v) is 33.5. The van der Waals surface area contributed by atoms with Crippen LogP contribution in [-0.2, 0) is 36.7 Å². The molecule has 0 spiro atoms. The number of aliphatic hydroxyl groups excluding tert-OH is 1. The summed E-state index contributed by atoms with van der Waals surface area (Å²) in [5.74, 6) is 2.10. The molecule has 0 fully saturated rings. The summed E-state index contributed by atoms with van der Waals surface area (Å²) in [6, 6.07) is 26.5. The number of ketones is 1. The second kappa shape index (κ2) is 15.7. The fourth-order valence-corrected chi connectivity index (χ4v) is 7.78. The number of nitrogens with zero attached hydrogens (tertiary/aromatic N) is 1. The van der Waals surface area contributed by atoms with Gasteiger partial charge in [-0.3, -0.25) is 9.78 Å². The zero-order valence-electron chi connectivity index (χ0n) is 31.1. The Hall–Kier alpha value is -3.99. The number of aliphatic hydroxyl groups is 1. The van der Waals surface area contributed by atoms with E-state index in [1.54, 1.807) is 0 Å². The van der Waals surface area contributed by atoms with Crippen molar-refractivity contribution in [2.75, 3.05) is 0 Å². The van der Waals surface area contributed by atoms with Gasteiger partial charge in [-0.2, -0.15) is 0 Å². The fourth-order valence-electron chi connectivity index (χ4n) is 7.78. The van der Waals surface area contributed by atoms with Gasteiger partial charge in [0.25, 0.3) is 0 Å². The second-order valence-corrected chi connectivity index (χ2v) is 14.6. The number of carbonyl (C=O) groups excluding carboxylic acids is 1. The summed E-state index contributed by atoms with van der Waals surface area (Å²) < 4.78 is 12.7. The molecule has 51 heavy (non-hydrogen) atoms. The van der Waals surface area contributed by atoms with Crippen LogP contribution in [-0.4, -0.2) is 15.9 Å². The molecule has 0 atom stereocenters. The Morgan fingerprint density at radius 3 is 2.22 bits per heavy atom. The summed E-state index contributed by atoms with van der Waals surface area (Å²) in [5, 5.41) is 13.1. The summed E-state index contributed by atoms with van der Waals surface area (Å²) in [6.45, 7) is 17.2. The van der Waals surface area contributed by atoms with Crippen LogP contribution in [0.1, 0.15) is 97.8 Å². The third-order valence-electron chi connectivity index (χ3n) is 10.5. The van der Waals surface area contributed by atoms with E-state index in [4.69, 9.17) is 13.8 Å². The van der Waals surface area contributed by atoms with Crippen LogP contribution in [0, 0.1) is 23.8 Å². The average molecular weight is 861 g/mol. The predicted octanol–water partition coefficient (Wildman–Crippen LogP) is 12.6. The molecule has 3 aromatic heterocycles. The Morgan fingerprint density at radius 1 is 0.843 bits per heavy atom. The number of benzene rings is 3. The van der Waals surface area contributed by atoms with Crippen molar-refractivity contribution in [3.63, 3.8) is 0 Å². The van der Waals surface area contributed by atoms with Gasteiger partial charge >= 0.3 is 0 Å². The minimum absolute atomic E-state index is 0. The first-order valence-electron chi connectivity index (χ1n) is 18.4. The van der Waals surface area contributed by atoms with Crippen molar-refractivity contribution in [1.29, 1.82) is 0 Å². The molecule has 0 saturated carbocycles. The van der Waals surface area contributed by atoms with Gasteiger partial charge in [-0.25, -0.2) is 0 Å². The van der Waals surface area contributed by atoms with Crippen LogP contribution >= 0.6 is 0 Å². The summed E-state index contributed by atoms with van der Waals surface area (Å²) in [4.78, 5) is 16.7. The molecule has 1 N–H and O–H groups in total. The quantitative estimate of drug-likeness (QED) is 0.0843. The van der Waals surface area contributed by atoms with Gasteiger partial charge in [-0.1, -0.05) is 109 Å². The van der Waals surface area contributed by atoms with E-state index in [0.29, 0.717) is 11.6 Å². The van der Waals surface area contributed by atoms with Crippen LogP contribution in [0.15, 0.2) is 87.4 Å². The van der Waals surface area contributed by atoms with E-state index in [9.17, 15) is 9.90 Å². The van der Waals surface area contributed by atoms with Crippen LogP contribution in [0.4, 0.5) is 0 Å². The molecule has 3 aromatic carbocycles. The van der Waals surface area contributed by atoms with Crippen molar-refractivity contribution in [3.05, 3.63) is 101 Å². The van der Waals surface area contributed by atoms with Crippen LogP contribution in [0.5, 0.6) is 0 Å². The molecule has 6 aromatic rings. The van der Waals surface area contributed by atoms with Crippen molar-refractivity contribution < 1.29 is 38.8 Å². The number of para-hydroxylation sites is 2. The number of furan rings is 2. The van der Waals surface area contributed by atoms with Crippen molar-refractivity contribution in [2.45, 2.75) is 92.9 Å². The van der Waals surface area contributed by atoms with E-state index >= 15 is 0 Å². The van der Waals surface area contributed by atoms with E-state index in [2.05, 4.69) is 76.2 Å². The fraction of sp³-hybridized carbons (Fsp3) is 0.378. The first-order valence-corrected chi connectivity index (χ1v) is 18.4. The Kier molecular flexibility index (Phi) is 11.8. The number of aromatic nitrogens is 1. The molecule has 6 heteroatoms. The third-order valence-corrected chi connectivity index (χ3v) is 10.5. The number of allylic oxidation sites excluding steroid dienone is 2. The third kappa shape index (κ3) is 7.10. The minimum Gasteiger partial charge on any atom is -0.512 e. The minimum atomic E-state index is -0.246. The Morgan fingerprint density at radius 2 is 1.53 bits per heavy atom. The number of hydrogen-bond acceptors (Lipinski definition) is 5. The number of fused-ring (bicyclic) bond motifs is 8. The molecule has 0 unspecified atom stereocenters. The molecule has 0 saturated heterocycles. The first kappa shape index (κ1) is 38.2. The van der Waals surface area contributed by atoms with Crippen molar-refractivity contribution >= 4 is 38.8 Å². The maximum atomic E-state index is 11.7. The summed E-state index contributed by atoms with van der Waals surface area (Å²) in [5.41, 5.74) is 9.07. The van der Waals surface area contributed by atoms with Gasteiger partial charge in [0.15, 0.2) is 5.78 Å². The summed E-state index contributed by atoms with van der Waals surface area (Å²) in [6.07, 6.45) is 5.91. The standard InChI is InChI=1S/C32H26NO2.C13H24O2.Ir/c1-18(2)17-19-9-7-12-24-28-30(35-29(19)24)23-13-8-11-22(27(23)32(28,3)4)25-16-15-21-20-10-5-6-14-26(20)34-31(21)33-25;1-5-10(6-2)12(14)9-13(15)11(7-3)8-4;/h5-10,12-16,18H,17H2,1-4H3;9-11,14H,5-8H2,1-4H3;/q-1;;/b;12-9-;. The van der Waals surface area contributed by atoms with E-state index in [0.717, 1.165) is 76.6 Å². The number of pyridine rings is 1. The van der Waals surface area contributed by atoms with E-state index in [1.165, 1.54) is 28.2 Å². The van der Waals surface area contributed by atoms with Crippen molar-refractivity contribution in [1.82, 2.24) is 4.98 Å². The maximum absolute atomic E-state index is 11.7. The average Bonchev–Trinajstić information content (AvgIpc) is 3.75. The molecular weight excluding hydrogens is 811 g/mol. The van der Waals surface area contributed by atoms with Gasteiger partial charge in [0.1, 0.15) is 16.9 Å². The molecule has 7 rings (SSSR count). The van der Waals surface area contributed by atoms with Crippen molar-refractivity contribution in [3.8, 4) is 22.6 Å². The molecular formula is C45H50IrNO4-. The van der Waals surface area contributed by atoms with E-state index < -0.39 is 0 Å². The molecule has 269 valence electrons. The Bertz CT molecular complexity index is 2190. The number of hydrogen-bond donors (Lipinski definition) is 1. The topological polar surface area (TPSA) is 76.5 Å². The molecule has 1 aliphatic carbocycles. The summed E-state index contributed by atoms with van der Waals surface area (Å²) >= 11 is 0. The molecule has 1 radical (unpaired) electrons. The maximum Gasteiger partial charge on any atom is 0.218 e. The number of carbonyl (C=O) groups is 1. The zero-order chi connectivity index (χ0) is 35.7.